The predicted molar refractivity (Wildman–Crippen MR) is 102 cm³/mol. The maximum absolute atomic E-state index is 2.32. The molecular weight excluding hydrogens is 290 g/mol. The molecule has 0 unspecified atom stereocenters. The van der Waals surface area contributed by atoms with Crippen LogP contribution in [0, 0.1) is 0 Å². The Kier molecular flexibility index (Phi) is 2.77. The minimum Gasteiger partial charge on any atom is -0.344 e. The molecule has 1 nitrogen and oxygen atoms in total. The van der Waals surface area contributed by atoms with E-state index in [4.69, 9.17) is 0 Å². The van der Waals surface area contributed by atoms with Crippen molar-refractivity contribution in [3.63, 3.8) is 0 Å². The third kappa shape index (κ3) is 1.75. The van der Waals surface area contributed by atoms with Gasteiger partial charge in [0, 0.05) is 29.1 Å². The number of benzene rings is 3. The summed E-state index contributed by atoms with van der Waals surface area (Å²) >= 11 is 0. The van der Waals surface area contributed by atoms with Crippen molar-refractivity contribution in [1.29, 1.82) is 0 Å². The quantitative estimate of drug-likeness (QED) is 0.352. The van der Waals surface area contributed by atoms with E-state index in [0.717, 1.165) is 0 Å². The van der Waals surface area contributed by atoms with E-state index in [0.29, 0.717) is 0 Å². The van der Waals surface area contributed by atoms with Gasteiger partial charge >= 0.3 is 0 Å². The van der Waals surface area contributed by atoms with E-state index in [1.807, 2.05) is 0 Å². The van der Waals surface area contributed by atoms with E-state index < -0.39 is 0 Å². The van der Waals surface area contributed by atoms with Crippen molar-refractivity contribution in [2.45, 2.75) is 0 Å². The van der Waals surface area contributed by atoms with Gasteiger partial charge in [0.05, 0.1) is 5.69 Å². The highest BCUT2D eigenvalue weighted by molar-refractivity contribution is 6.14. The Balaban J connectivity index is 2.09. The van der Waals surface area contributed by atoms with E-state index in [1.54, 1.807) is 0 Å². The molecule has 114 valence electrons. The fourth-order valence-electron chi connectivity index (χ4n) is 3.88. The zero-order valence-electron chi connectivity index (χ0n) is 13.5. The topological polar surface area (TPSA) is 4.93 Å². The van der Waals surface area contributed by atoms with Crippen LogP contribution in [0.1, 0.15) is 0 Å². The molecule has 0 N–H and O–H groups in total. The minimum atomic E-state index is 1.26. The Morgan fingerprint density at radius 2 is 1.29 bits per heavy atom. The Hall–Kier alpha value is -3.06. The maximum atomic E-state index is 2.32. The highest BCUT2D eigenvalue weighted by atomic mass is 14.9. The number of hydrogen-bond donors (Lipinski definition) is 0. The van der Waals surface area contributed by atoms with Gasteiger partial charge in [-0.1, -0.05) is 72.8 Å². The van der Waals surface area contributed by atoms with Crippen LogP contribution in [0.5, 0.6) is 0 Å². The molecule has 0 saturated carbocycles. The second-order valence-corrected chi connectivity index (χ2v) is 6.31. The summed E-state index contributed by atoms with van der Waals surface area (Å²) < 4.78 is 2.32. The Bertz CT molecular complexity index is 1150. The number of aromatic nitrogens is 1. The largest absolute Gasteiger partial charge is 0.344 e. The molecule has 1 aliphatic carbocycles. The number of pyridine rings is 1. The number of para-hydroxylation sites is 1. The molecular formula is C23H17N. The summed E-state index contributed by atoms with van der Waals surface area (Å²) in [5, 5.41) is 3.93. The molecule has 2 aliphatic rings. The maximum Gasteiger partial charge on any atom is 0.0500 e. The molecule has 0 bridgehead atoms. The van der Waals surface area contributed by atoms with Crippen LogP contribution >= 0.6 is 0 Å². The molecule has 1 heterocycles. The van der Waals surface area contributed by atoms with Crippen molar-refractivity contribution < 1.29 is 0 Å². The smallest absolute Gasteiger partial charge is 0.0500 e. The average Bonchev–Trinajstić information content (AvgIpc) is 3.03. The van der Waals surface area contributed by atoms with Crippen LogP contribution in [0.3, 0.4) is 0 Å². The van der Waals surface area contributed by atoms with Crippen LogP contribution in [-0.2, 0) is 7.05 Å². The third-order valence-corrected chi connectivity index (χ3v) is 4.99. The Labute approximate surface area is 141 Å². The van der Waals surface area contributed by atoms with Gasteiger partial charge in [0.1, 0.15) is 0 Å². The second-order valence-electron chi connectivity index (χ2n) is 6.31. The minimum absolute atomic E-state index is 1.26. The van der Waals surface area contributed by atoms with E-state index in [-0.39, 0.29) is 0 Å². The lowest BCUT2D eigenvalue weighted by Crippen LogP contribution is -2.00. The highest BCUT2D eigenvalue weighted by Gasteiger charge is 2.20. The molecule has 0 aromatic heterocycles. The summed E-state index contributed by atoms with van der Waals surface area (Å²) in [4.78, 5) is 0. The molecule has 0 amide bonds. The molecule has 3 aromatic carbocycles. The van der Waals surface area contributed by atoms with E-state index in [1.165, 1.54) is 44.1 Å². The molecule has 1 heteroatoms. The van der Waals surface area contributed by atoms with E-state index >= 15 is 0 Å². The monoisotopic (exact) mass is 307 g/mol. The zero-order chi connectivity index (χ0) is 16.1. The average molecular weight is 307 g/mol. The van der Waals surface area contributed by atoms with Gasteiger partial charge in [-0.05, 0) is 28.5 Å². The Morgan fingerprint density at radius 1 is 0.625 bits per heavy atom. The van der Waals surface area contributed by atoms with Crippen LogP contribution in [-0.4, -0.2) is 4.57 Å². The fourth-order valence-corrected chi connectivity index (χ4v) is 3.88. The normalized spacial score (nSPS) is 11.5. The number of rotatable bonds is 1. The molecule has 3 aromatic rings. The molecule has 0 radical (unpaired) electrons. The van der Waals surface area contributed by atoms with Crippen LogP contribution in [0.2, 0.25) is 0 Å². The van der Waals surface area contributed by atoms with Crippen LogP contribution < -0.4 is 0 Å². The molecule has 1 aliphatic heterocycles. The van der Waals surface area contributed by atoms with Crippen molar-refractivity contribution in [2.75, 3.05) is 0 Å². The first kappa shape index (κ1) is 13.4. The third-order valence-electron chi connectivity index (χ3n) is 4.99. The van der Waals surface area contributed by atoms with Crippen LogP contribution in [0.15, 0.2) is 84.9 Å². The standard InChI is InChI=1S/C23H17N/c1-24-20-14-8-7-13-19(20)22(16-9-3-2-4-10-16)23-18-12-6-5-11-17(18)15-21(23)24/h2-15H,1H3. The van der Waals surface area contributed by atoms with Crippen LogP contribution in [0.25, 0.3) is 44.1 Å². The lowest BCUT2D eigenvalue weighted by molar-refractivity contribution is 0.967. The van der Waals surface area contributed by atoms with Gasteiger partial charge in [-0.15, -0.1) is 0 Å². The van der Waals surface area contributed by atoms with Gasteiger partial charge in [-0.3, -0.25) is 0 Å². The molecule has 5 rings (SSSR count). The van der Waals surface area contributed by atoms with Crippen molar-refractivity contribution in [2.24, 2.45) is 7.05 Å². The molecule has 24 heavy (non-hydrogen) atoms. The number of hydrogen-bond acceptors (Lipinski definition) is 0. The summed E-state index contributed by atoms with van der Waals surface area (Å²) in [6.45, 7) is 0. The lowest BCUT2D eigenvalue weighted by Gasteiger charge is -2.19. The van der Waals surface area contributed by atoms with Gasteiger partial charge in [0.15, 0.2) is 0 Å². The van der Waals surface area contributed by atoms with Crippen molar-refractivity contribution in [3.8, 4) is 22.4 Å². The zero-order valence-corrected chi connectivity index (χ0v) is 13.5. The number of fused-ring (bicyclic) bond motifs is 4. The van der Waals surface area contributed by atoms with Gasteiger partial charge in [-0.25, -0.2) is 0 Å². The first-order valence-corrected chi connectivity index (χ1v) is 8.29. The molecule has 0 saturated heterocycles. The fraction of sp³-hybridized carbons (Fsp3) is 0.0435. The Morgan fingerprint density at radius 3 is 2.12 bits per heavy atom. The van der Waals surface area contributed by atoms with Crippen LogP contribution in [0.4, 0.5) is 0 Å². The summed E-state index contributed by atoms with van der Waals surface area (Å²) in [6.07, 6.45) is 0. The summed E-state index contributed by atoms with van der Waals surface area (Å²) in [6, 6.07) is 30.4. The van der Waals surface area contributed by atoms with Gasteiger partial charge < -0.3 is 4.57 Å². The van der Waals surface area contributed by atoms with Gasteiger partial charge in [0.25, 0.3) is 0 Å². The van der Waals surface area contributed by atoms with Gasteiger partial charge in [-0.2, -0.15) is 0 Å². The first-order chi connectivity index (χ1) is 11.8. The number of nitrogens with zero attached hydrogens (tertiary/aromatic N) is 1. The highest BCUT2D eigenvalue weighted by Crippen LogP contribution is 2.45. The molecule has 0 atom stereocenters. The summed E-state index contributed by atoms with van der Waals surface area (Å²) in [5.74, 6) is 0. The SMILES string of the molecule is Cn1c2cc3ccccc3c-2c(-c2ccccc2)c2ccccc21. The predicted octanol–water partition coefficient (Wildman–Crippen LogP) is 6.10. The van der Waals surface area contributed by atoms with Crippen molar-refractivity contribution in [1.82, 2.24) is 4.57 Å². The molecule has 0 fully saturated rings. The van der Waals surface area contributed by atoms with E-state index in [9.17, 15) is 0 Å². The second kappa shape index (κ2) is 4.97. The molecule has 0 spiro atoms. The lowest BCUT2D eigenvalue weighted by atomic mass is 9.93. The number of aryl methyl sites for hydroxylation is 1. The van der Waals surface area contributed by atoms with Crippen molar-refractivity contribution >= 4 is 21.7 Å². The van der Waals surface area contributed by atoms with Crippen molar-refractivity contribution in [3.05, 3.63) is 84.9 Å². The van der Waals surface area contributed by atoms with E-state index in [2.05, 4.69) is 96.5 Å². The summed E-state index contributed by atoms with van der Waals surface area (Å²) in [5.41, 5.74) is 6.50. The van der Waals surface area contributed by atoms with Gasteiger partial charge in [0.2, 0.25) is 0 Å². The first-order valence-electron chi connectivity index (χ1n) is 8.29. The summed E-state index contributed by atoms with van der Waals surface area (Å²) in [7, 11) is 2.16.